The Bertz CT molecular complexity index is 712. The fraction of sp³-hybridized carbons (Fsp3) is 0.389. The summed E-state index contributed by atoms with van der Waals surface area (Å²) in [4.78, 5) is 11.1. The van der Waals surface area contributed by atoms with Gasteiger partial charge in [0.25, 0.3) is 0 Å². The lowest BCUT2D eigenvalue weighted by Crippen LogP contribution is -2.41. The summed E-state index contributed by atoms with van der Waals surface area (Å²) in [6, 6.07) is 6.91. The van der Waals surface area contributed by atoms with Crippen LogP contribution in [0.1, 0.15) is 38.8 Å². The zero-order valence-corrected chi connectivity index (χ0v) is 14.5. The van der Waals surface area contributed by atoms with Gasteiger partial charge in [0.05, 0.1) is 18.3 Å². The number of hydrogen-bond donors (Lipinski definition) is 0. The first kappa shape index (κ1) is 18.2. The second-order valence-electron chi connectivity index (χ2n) is 6.45. The van der Waals surface area contributed by atoms with Crippen molar-refractivity contribution < 1.29 is 23.2 Å². The predicted molar refractivity (Wildman–Crippen MR) is 90.5 cm³/mol. The molecule has 0 aliphatic carbocycles. The second-order valence-corrected chi connectivity index (χ2v) is 6.45. The monoisotopic (exact) mass is 330 g/mol. The van der Waals surface area contributed by atoms with Crippen molar-refractivity contribution in [3.63, 3.8) is 0 Å². The lowest BCUT2D eigenvalue weighted by atomic mass is 9.86. The van der Waals surface area contributed by atoms with Gasteiger partial charge in [-0.3, -0.25) is 0 Å². The summed E-state index contributed by atoms with van der Waals surface area (Å²) >= 11 is 0. The predicted octanol–water partition coefficient (Wildman–Crippen LogP) is 3.15. The summed E-state index contributed by atoms with van der Waals surface area (Å²) in [5.41, 5.74) is -0.753. The van der Waals surface area contributed by atoms with Gasteiger partial charge in [0, 0.05) is 11.5 Å². The molecule has 0 aromatic heterocycles. The molecule has 126 valence electrons. The summed E-state index contributed by atoms with van der Waals surface area (Å²) in [5, 5.41) is 0. The van der Waals surface area contributed by atoms with Crippen molar-refractivity contribution in [3.8, 4) is 11.8 Å². The zero-order valence-electron chi connectivity index (χ0n) is 14.5. The molecule has 4 nitrogen and oxygen atoms in total. The van der Waals surface area contributed by atoms with E-state index in [0.717, 1.165) is 0 Å². The smallest absolute Gasteiger partial charge is 0.459 e. The Kier molecular flexibility index (Phi) is 5.17. The number of halogens is 1. The van der Waals surface area contributed by atoms with Crippen molar-refractivity contribution in [2.45, 2.75) is 38.9 Å². The van der Waals surface area contributed by atoms with Crippen LogP contribution in [0.4, 0.5) is 4.39 Å². The molecule has 1 aliphatic heterocycles. The quantitative estimate of drug-likeness (QED) is 0.475. The van der Waals surface area contributed by atoms with Gasteiger partial charge in [-0.1, -0.05) is 24.1 Å². The molecule has 24 heavy (non-hydrogen) atoms. The first-order valence-corrected chi connectivity index (χ1v) is 7.58. The van der Waals surface area contributed by atoms with Crippen LogP contribution in [0.2, 0.25) is 0 Å². The SMILES string of the molecule is COC(=O)C#Cc1ccccc1C=C(F)B1OC(C)(C)C(C)(C)O1. The number of hydrogen-bond acceptors (Lipinski definition) is 4. The molecule has 0 atom stereocenters. The van der Waals surface area contributed by atoms with Crippen LogP contribution in [-0.2, 0) is 18.8 Å². The Morgan fingerprint density at radius 1 is 1.21 bits per heavy atom. The van der Waals surface area contributed by atoms with Gasteiger partial charge < -0.3 is 14.0 Å². The van der Waals surface area contributed by atoms with E-state index < -0.39 is 30.0 Å². The minimum Gasteiger partial charge on any atom is -0.459 e. The number of benzene rings is 1. The molecule has 1 heterocycles. The lowest BCUT2D eigenvalue weighted by molar-refractivity contribution is -0.133. The van der Waals surface area contributed by atoms with E-state index in [9.17, 15) is 9.18 Å². The maximum absolute atomic E-state index is 14.6. The molecule has 1 aromatic rings. The Hall–Kier alpha value is -2.10. The number of rotatable bonds is 2. The molecule has 0 unspecified atom stereocenters. The van der Waals surface area contributed by atoms with Crippen molar-refractivity contribution in [2.75, 3.05) is 7.11 Å². The largest absolute Gasteiger partial charge is 0.525 e. The van der Waals surface area contributed by atoms with Crippen LogP contribution in [-0.4, -0.2) is 31.4 Å². The fourth-order valence-electron chi connectivity index (χ4n) is 2.08. The van der Waals surface area contributed by atoms with E-state index in [1.54, 1.807) is 24.3 Å². The van der Waals surface area contributed by atoms with E-state index >= 15 is 0 Å². The highest BCUT2D eigenvalue weighted by Gasteiger charge is 2.53. The van der Waals surface area contributed by atoms with Crippen molar-refractivity contribution >= 4 is 19.2 Å². The minimum atomic E-state index is -1.07. The highest BCUT2D eigenvalue weighted by atomic mass is 19.1. The van der Waals surface area contributed by atoms with E-state index in [4.69, 9.17) is 9.31 Å². The summed E-state index contributed by atoms with van der Waals surface area (Å²) in [5.74, 6) is 4.36. The highest BCUT2D eigenvalue weighted by Crippen LogP contribution is 2.39. The van der Waals surface area contributed by atoms with Crippen molar-refractivity contribution in [1.29, 1.82) is 0 Å². The third-order valence-electron chi connectivity index (χ3n) is 4.22. The van der Waals surface area contributed by atoms with Crippen molar-refractivity contribution in [3.05, 3.63) is 41.1 Å². The van der Waals surface area contributed by atoms with Gasteiger partial charge >= 0.3 is 13.1 Å². The topological polar surface area (TPSA) is 44.8 Å². The molecular formula is C18H20BFO4. The van der Waals surface area contributed by atoms with Gasteiger partial charge in [-0.25, -0.2) is 9.18 Å². The molecule has 0 saturated carbocycles. The van der Waals surface area contributed by atoms with E-state index in [-0.39, 0.29) is 0 Å². The second kappa shape index (κ2) is 6.80. The molecule has 1 aliphatic rings. The number of carbonyl (C=O) groups excluding carboxylic acids is 1. The molecule has 0 N–H and O–H groups in total. The van der Waals surface area contributed by atoms with Gasteiger partial charge in [-0.2, -0.15) is 0 Å². The van der Waals surface area contributed by atoms with Gasteiger partial charge in [-0.05, 0) is 45.4 Å². The highest BCUT2D eigenvalue weighted by molar-refractivity contribution is 6.54. The Morgan fingerprint density at radius 2 is 1.79 bits per heavy atom. The van der Waals surface area contributed by atoms with Crippen LogP contribution in [0.3, 0.4) is 0 Å². The van der Waals surface area contributed by atoms with E-state index in [1.165, 1.54) is 13.2 Å². The first-order valence-electron chi connectivity index (χ1n) is 7.58. The summed E-state index contributed by atoms with van der Waals surface area (Å²) < 4.78 is 30.4. The maximum Gasteiger partial charge on any atom is 0.525 e. The molecular weight excluding hydrogens is 310 g/mol. The van der Waals surface area contributed by atoms with Gasteiger partial charge in [0.15, 0.2) is 0 Å². The first-order chi connectivity index (χ1) is 11.2. The van der Waals surface area contributed by atoms with Gasteiger partial charge in [0.2, 0.25) is 0 Å². The summed E-state index contributed by atoms with van der Waals surface area (Å²) in [6.07, 6.45) is 1.31. The number of ether oxygens (including phenoxy) is 1. The molecule has 0 radical (unpaired) electrons. The number of carbonyl (C=O) groups is 1. The van der Waals surface area contributed by atoms with E-state index in [1.807, 2.05) is 27.7 Å². The molecule has 2 rings (SSSR count). The van der Waals surface area contributed by atoms with Crippen LogP contribution in [0, 0.1) is 11.8 Å². The number of esters is 1. The standard InChI is InChI=1S/C18H20BFO4/c1-17(2)18(3,4)24-19(23-17)15(20)12-14-9-7-6-8-13(14)10-11-16(21)22-5/h6-9,12H,1-5H3. The average molecular weight is 330 g/mol. The average Bonchev–Trinajstić information content (AvgIpc) is 2.74. The van der Waals surface area contributed by atoms with Crippen LogP contribution in [0.5, 0.6) is 0 Å². The van der Waals surface area contributed by atoms with Gasteiger partial charge in [-0.15, -0.1) is 0 Å². The molecule has 6 heteroatoms. The van der Waals surface area contributed by atoms with Crippen LogP contribution < -0.4 is 0 Å². The lowest BCUT2D eigenvalue weighted by Gasteiger charge is -2.32. The summed E-state index contributed by atoms with van der Waals surface area (Å²) in [7, 11) is 0.178. The van der Waals surface area contributed by atoms with Crippen molar-refractivity contribution in [1.82, 2.24) is 0 Å². The van der Waals surface area contributed by atoms with Crippen molar-refractivity contribution in [2.24, 2.45) is 0 Å². The van der Waals surface area contributed by atoms with Crippen LogP contribution >= 0.6 is 0 Å². The van der Waals surface area contributed by atoms with E-state index in [0.29, 0.717) is 11.1 Å². The molecule has 1 saturated heterocycles. The third kappa shape index (κ3) is 3.86. The number of methoxy groups -OCH3 is 1. The normalized spacial score (nSPS) is 18.8. The maximum atomic E-state index is 14.6. The fourth-order valence-corrected chi connectivity index (χ4v) is 2.08. The van der Waals surface area contributed by atoms with Crippen LogP contribution in [0.15, 0.2) is 30.0 Å². The van der Waals surface area contributed by atoms with Gasteiger partial charge in [0.1, 0.15) is 5.73 Å². The zero-order chi connectivity index (χ0) is 18.0. The summed E-state index contributed by atoms with van der Waals surface area (Å²) in [6.45, 7) is 7.43. The minimum absolute atomic E-state index is 0.509. The third-order valence-corrected chi connectivity index (χ3v) is 4.22. The molecule has 1 fully saturated rings. The Labute approximate surface area is 142 Å². The molecule has 1 aromatic carbocycles. The molecule has 0 spiro atoms. The molecule has 0 bridgehead atoms. The molecule has 0 amide bonds. The Morgan fingerprint density at radius 3 is 2.38 bits per heavy atom. The van der Waals surface area contributed by atoms with E-state index in [2.05, 4.69) is 16.6 Å². The van der Waals surface area contributed by atoms with Crippen LogP contribution in [0.25, 0.3) is 6.08 Å². The Balaban J connectivity index is 2.28.